The summed E-state index contributed by atoms with van der Waals surface area (Å²) in [6.45, 7) is 4.17. The van der Waals surface area contributed by atoms with Crippen LogP contribution in [0.25, 0.3) is 11.0 Å². The first kappa shape index (κ1) is 27.6. The number of hydrogen-bond donors (Lipinski definition) is 2. The van der Waals surface area contributed by atoms with Crippen LogP contribution in [0.5, 0.6) is 0 Å². The van der Waals surface area contributed by atoms with Gasteiger partial charge in [-0.3, -0.25) is 14.4 Å². The van der Waals surface area contributed by atoms with Gasteiger partial charge >= 0.3 is 5.97 Å². The Balaban J connectivity index is 1.66. The minimum atomic E-state index is -0.936. The molecule has 3 rings (SSSR count). The molecule has 9 nitrogen and oxygen atoms in total. The number of ketones is 1. The van der Waals surface area contributed by atoms with Crippen LogP contribution >= 0.6 is 0 Å². The Morgan fingerprint density at radius 3 is 2.70 bits per heavy atom. The number of carbonyl (C=O) groups excluding carboxylic acids is 2. The number of carboxylic acid groups (broad SMARTS) is 1. The maximum atomic E-state index is 13.3. The molecule has 1 atom stereocenters. The average molecular weight is 505 g/mol. The summed E-state index contributed by atoms with van der Waals surface area (Å²) in [4.78, 5) is 40.0. The number of benzene rings is 1. The van der Waals surface area contributed by atoms with E-state index in [-0.39, 0.29) is 30.4 Å². The van der Waals surface area contributed by atoms with Gasteiger partial charge in [0.1, 0.15) is 11.7 Å². The molecule has 2 aromatic heterocycles. The average Bonchev–Trinajstić information content (AvgIpc) is 3.11. The summed E-state index contributed by atoms with van der Waals surface area (Å²) in [6, 6.07) is 11.3. The lowest BCUT2D eigenvalue weighted by atomic mass is 9.94. The molecule has 3 aromatic rings. The Morgan fingerprint density at radius 1 is 1.22 bits per heavy atom. The molecule has 2 N–H and O–H groups in total. The molecule has 0 bridgehead atoms. The standard InChI is InChI=1S/C28H32N4O5/c1-18(12-26(35)36)11-25(34)27-23-14-21(15-29)16-30-28(23)32(3)24(27)9-4-5-10-37-17-20-7-6-8-22(13-20)31-19(2)33/h6-8,13-14,16,18H,4-5,9-12,17H2,1-3H3,(H,31,33)(H,35,36)/t18-/m0/s1. The molecule has 0 unspecified atom stereocenters. The highest BCUT2D eigenvalue weighted by molar-refractivity contribution is 6.09. The summed E-state index contributed by atoms with van der Waals surface area (Å²) in [5, 5.41) is 21.8. The fraction of sp³-hybridized carbons (Fsp3) is 0.393. The van der Waals surface area contributed by atoms with Crippen molar-refractivity contribution in [2.45, 2.75) is 52.6 Å². The Hall–Kier alpha value is -4.03. The van der Waals surface area contributed by atoms with E-state index >= 15 is 0 Å². The van der Waals surface area contributed by atoms with Gasteiger partial charge in [0.2, 0.25) is 5.91 Å². The molecule has 2 heterocycles. The number of aromatic nitrogens is 2. The lowest BCUT2D eigenvalue weighted by Crippen LogP contribution is -2.12. The highest BCUT2D eigenvalue weighted by atomic mass is 16.5. The largest absolute Gasteiger partial charge is 0.481 e. The minimum absolute atomic E-state index is 0.0847. The zero-order chi connectivity index (χ0) is 26.9. The molecule has 194 valence electrons. The van der Waals surface area contributed by atoms with Crippen molar-refractivity contribution >= 4 is 34.4 Å². The third-order valence-electron chi connectivity index (χ3n) is 6.08. The van der Waals surface area contributed by atoms with Crippen LogP contribution in [0.1, 0.15) is 66.7 Å². The van der Waals surface area contributed by atoms with Crippen LogP contribution in [0, 0.1) is 17.2 Å². The van der Waals surface area contributed by atoms with E-state index in [0.717, 1.165) is 29.8 Å². The van der Waals surface area contributed by atoms with Gasteiger partial charge in [0.15, 0.2) is 5.78 Å². The number of anilines is 1. The monoisotopic (exact) mass is 504 g/mol. The second-order valence-electron chi connectivity index (χ2n) is 9.31. The summed E-state index contributed by atoms with van der Waals surface area (Å²) in [6.07, 6.45) is 3.67. The van der Waals surface area contributed by atoms with Crippen molar-refractivity contribution in [3.63, 3.8) is 0 Å². The first-order valence-electron chi connectivity index (χ1n) is 12.3. The van der Waals surface area contributed by atoms with E-state index in [1.54, 1.807) is 13.0 Å². The van der Waals surface area contributed by atoms with Crippen molar-refractivity contribution in [1.29, 1.82) is 5.26 Å². The summed E-state index contributed by atoms with van der Waals surface area (Å²) < 4.78 is 7.70. The molecule has 0 saturated carbocycles. The number of pyridine rings is 1. The highest BCUT2D eigenvalue weighted by Gasteiger charge is 2.24. The van der Waals surface area contributed by atoms with Gasteiger partial charge in [0.25, 0.3) is 0 Å². The molecule has 0 spiro atoms. The van der Waals surface area contributed by atoms with E-state index in [0.29, 0.717) is 41.8 Å². The molecule has 0 fully saturated rings. The topological polar surface area (TPSA) is 134 Å². The summed E-state index contributed by atoms with van der Waals surface area (Å²) >= 11 is 0. The van der Waals surface area contributed by atoms with Crippen molar-refractivity contribution in [3.05, 3.63) is 58.9 Å². The van der Waals surface area contributed by atoms with Crippen LogP contribution in [-0.4, -0.2) is 38.9 Å². The summed E-state index contributed by atoms with van der Waals surface area (Å²) in [7, 11) is 1.85. The summed E-state index contributed by atoms with van der Waals surface area (Å²) in [5.74, 6) is -1.51. The van der Waals surface area contributed by atoms with Gasteiger partial charge in [-0.05, 0) is 48.9 Å². The first-order chi connectivity index (χ1) is 17.7. The van der Waals surface area contributed by atoms with Gasteiger partial charge in [-0.1, -0.05) is 19.1 Å². The number of amides is 1. The lowest BCUT2D eigenvalue weighted by Gasteiger charge is -2.11. The van der Waals surface area contributed by atoms with Gasteiger partial charge in [0, 0.05) is 61.9 Å². The van der Waals surface area contributed by atoms with Crippen LogP contribution in [0.2, 0.25) is 0 Å². The normalized spacial score (nSPS) is 11.7. The highest BCUT2D eigenvalue weighted by Crippen LogP contribution is 2.29. The van der Waals surface area contributed by atoms with Crippen LogP contribution in [0.15, 0.2) is 36.5 Å². The molecule has 37 heavy (non-hydrogen) atoms. The number of hydrogen-bond acceptors (Lipinski definition) is 6. The Labute approximate surface area is 216 Å². The number of ether oxygens (including phenoxy) is 1. The molecular formula is C28H32N4O5. The van der Waals surface area contributed by atoms with Gasteiger partial charge in [-0.15, -0.1) is 0 Å². The van der Waals surface area contributed by atoms with E-state index < -0.39 is 5.97 Å². The number of unbranched alkanes of at least 4 members (excludes halogenated alkanes) is 1. The zero-order valence-electron chi connectivity index (χ0n) is 21.4. The van der Waals surface area contributed by atoms with Crippen molar-refractivity contribution in [2.75, 3.05) is 11.9 Å². The van der Waals surface area contributed by atoms with Crippen molar-refractivity contribution in [3.8, 4) is 6.07 Å². The number of aliphatic carboxylic acids is 1. The molecule has 0 aliphatic heterocycles. The fourth-order valence-electron chi connectivity index (χ4n) is 4.44. The van der Waals surface area contributed by atoms with E-state index in [1.807, 2.05) is 35.9 Å². The number of rotatable bonds is 13. The van der Waals surface area contributed by atoms with Gasteiger partial charge in [0.05, 0.1) is 12.2 Å². The Morgan fingerprint density at radius 2 is 2.00 bits per heavy atom. The number of fused-ring (bicyclic) bond motifs is 1. The SMILES string of the molecule is CC(=O)Nc1cccc(COCCCCc2c(C(=O)C[C@H](C)CC(=O)O)c3cc(C#N)cnc3n2C)c1. The van der Waals surface area contributed by atoms with Gasteiger partial charge < -0.3 is 19.7 Å². The third-order valence-corrected chi connectivity index (χ3v) is 6.08. The predicted octanol–water partition coefficient (Wildman–Crippen LogP) is 4.63. The van der Waals surface area contributed by atoms with E-state index in [9.17, 15) is 19.6 Å². The maximum Gasteiger partial charge on any atom is 0.303 e. The van der Waals surface area contributed by atoms with Crippen LogP contribution in [0.4, 0.5) is 5.69 Å². The van der Waals surface area contributed by atoms with Crippen LogP contribution in [0.3, 0.4) is 0 Å². The van der Waals surface area contributed by atoms with Gasteiger partial charge in [-0.2, -0.15) is 5.26 Å². The maximum absolute atomic E-state index is 13.3. The molecule has 9 heteroatoms. The molecule has 0 radical (unpaired) electrons. The van der Waals surface area contributed by atoms with E-state index in [1.165, 1.54) is 13.1 Å². The zero-order valence-corrected chi connectivity index (χ0v) is 21.4. The fourth-order valence-corrected chi connectivity index (χ4v) is 4.44. The molecular weight excluding hydrogens is 472 g/mol. The summed E-state index contributed by atoms with van der Waals surface area (Å²) in [5.41, 5.74) is 4.03. The number of carbonyl (C=O) groups is 3. The molecule has 0 aliphatic rings. The second kappa shape index (κ2) is 12.8. The number of nitrogens with one attached hydrogen (secondary N) is 1. The van der Waals surface area contributed by atoms with E-state index in [4.69, 9.17) is 9.84 Å². The van der Waals surface area contributed by atoms with Crippen LogP contribution < -0.4 is 5.32 Å². The van der Waals surface area contributed by atoms with Crippen LogP contribution in [-0.2, 0) is 34.4 Å². The first-order valence-corrected chi connectivity index (χ1v) is 12.3. The quantitative estimate of drug-likeness (QED) is 0.256. The molecule has 1 amide bonds. The Kier molecular flexibility index (Phi) is 9.52. The third kappa shape index (κ3) is 7.48. The smallest absolute Gasteiger partial charge is 0.303 e. The number of nitrogens with zero attached hydrogens (tertiary/aromatic N) is 3. The van der Waals surface area contributed by atoms with Gasteiger partial charge in [-0.25, -0.2) is 4.98 Å². The number of carboxylic acids is 1. The van der Waals surface area contributed by atoms with Crippen molar-refractivity contribution in [1.82, 2.24) is 9.55 Å². The minimum Gasteiger partial charge on any atom is -0.481 e. The Bertz CT molecular complexity index is 1340. The molecule has 1 aromatic carbocycles. The van der Waals surface area contributed by atoms with Crippen molar-refractivity contribution in [2.24, 2.45) is 13.0 Å². The number of nitriles is 1. The lowest BCUT2D eigenvalue weighted by molar-refractivity contribution is -0.137. The number of Topliss-reactive ketones (excluding diaryl/α,β-unsaturated/α-hetero) is 1. The molecule has 0 saturated heterocycles. The van der Waals surface area contributed by atoms with Crippen molar-refractivity contribution < 1.29 is 24.2 Å². The second-order valence-corrected chi connectivity index (χ2v) is 9.31. The predicted molar refractivity (Wildman–Crippen MR) is 139 cm³/mol. The van der Waals surface area contributed by atoms with E-state index in [2.05, 4.69) is 16.4 Å². The number of aryl methyl sites for hydroxylation is 1. The molecule has 0 aliphatic carbocycles.